The molecular weight excluding hydrogens is 925 g/mol. The highest BCUT2D eigenvalue weighted by Gasteiger charge is 2.23. The lowest BCUT2D eigenvalue weighted by atomic mass is 9.93. The number of hydrogen-bond acceptors (Lipinski definition) is 6. The molecule has 346 valence electrons. The minimum atomic E-state index is 0.982. The van der Waals surface area contributed by atoms with E-state index in [1.54, 1.807) is 0 Å². The minimum absolute atomic E-state index is 0.982. The Morgan fingerprint density at radius 3 is 0.614 bits per heavy atom. The second kappa shape index (κ2) is 17.8. The molecule has 0 N–H and O–H groups in total. The van der Waals surface area contributed by atoms with E-state index in [2.05, 4.69) is 204 Å². The van der Waals surface area contributed by atoms with Crippen molar-refractivity contribution in [2.45, 2.75) is 83.1 Å². The molecule has 4 aromatic carbocycles. The lowest BCUT2D eigenvalue weighted by Gasteiger charge is -2.14. The number of aromatic nitrogens is 2. The van der Waals surface area contributed by atoms with E-state index >= 15 is 0 Å². The van der Waals surface area contributed by atoms with Crippen LogP contribution in [0.2, 0.25) is 0 Å². The van der Waals surface area contributed by atoms with Crippen LogP contribution in [0.5, 0.6) is 0 Å². The van der Waals surface area contributed by atoms with Crippen molar-refractivity contribution in [1.82, 2.24) is 9.97 Å². The Kier molecular flexibility index (Phi) is 11.8. The largest absolute Gasteiger partial charge is 0.248 e. The maximum atomic E-state index is 5.74. The highest BCUT2D eigenvalue weighted by atomic mass is 32.1. The van der Waals surface area contributed by atoms with Crippen molar-refractivity contribution < 1.29 is 0 Å². The van der Waals surface area contributed by atoms with Gasteiger partial charge in [0, 0.05) is 59.9 Å². The molecule has 5 aromatic heterocycles. The van der Waals surface area contributed by atoms with Gasteiger partial charge in [0.15, 0.2) is 0 Å². The molecule has 0 spiro atoms. The summed E-state index contributed by atoms with van der Waals surface area (Å²) < 4.78 is 9.88. The van der Waals surface area contributed by atoms with Crippen LogP contribution in [0.1, 0.15) is 89.5 Å². The van der Waals surface area contributed by atoms with Crippen LogP contribution in [0.15, 0.2) is 97.1 Å². The van der Waals surface area contributed by atoms with E-state index in [1.165, 1.54) is 138 Å². The fourth-order valence-corrected chi connectivity index (χ4v) is 16.0. The smallest absolute Gasteiger partial charge is 0.0730 e. The van der Waals surface area contributed by atoms with E-state index in [9.17, 15) is 0 Å². The van der Waals surface area contributed by atoms with Crippen molar-refractivity contribution in [3.05, 3.63) is 187 Å². The average molecular weight is 981 g/mol. The summed E-state index contributed by atoms with van der Waals surface area (Å²) in [4.78, 5) is 11.5. The third kappa shape index (κ3) is 8.09. The summed E-state index contributed by atoms with van der Waals surface area (Å²) in [6, 6.07) is 37.1. The standard InChI is InChI=1S/C64H56N2S4/c1-33-25-37(5)57(38(6)26-33)61-45-13-15-47(65-45)63(59-41(9)29-35(3)30-42(59)10)55-23-24-56(70-55)64(60-43(11)31-36(4)32-44(60)12)48-16-14-46(66-48)62(58-39(7)27-34(2)28-40(58)8)54-22-20-52(69-54)50-18-17-49(67-50)51-19-21-53(61)68-51/h13-32H,1-12H3. The van der Waals surface area contributed by atoms with Crippen molar-refractivity contribution in [3.63, 3.8) is 0 Å². The van der Waals surface area contributed by atoms with Crippen molar-refractivity contribution in [1.29, 1.82) is 0 Å². The van der Waals surface area contributed by atoms with Gasteiger partial charge in [0.1, 0.15) is 0 Å². The molecule has 6 heteroatoms. The number of thiophene rings is 4. The van der Waals surface area contributed by atoms with Crippen LogP contribution in [0.4, 0.5) is 0 Å². The predicted octanol–water partition coefficient (Wildman–Crippen LogP) is 20.0. The molecule has 0 unspecified atom stereocenters. The van der Waals surface area contributed by atoms with Crippen molar-refractivity contribution in [3.8, 4) is 44.5 Å². The monoisotopic (exact) mass is 980 g/mol. The molecule has 0 aliphatic carbocycles. The lowest BCUT2D eigenvalue weighted by Crippen LogP contribution is -1.94. The van der Waals surface area contributed by atoms with Gasteiger partial charge >= 0.3 is 0 Å². The Balaban J connectivity index is 1.36. The number of aryl methyl sites for hydroxylation is 12. The van der Waals surface area contributed by atoms with E-state index in [4.69, 9.17) is 9.97 Å². The number of fused-ring (bicyclic) bond motifs is 14. The zero-order valence-corrected chi connectivity index (χ0v) is 45.3. The third-order valence-corrected chi connectivity index (χ3v) is 18.7. The zero-order valence-electron chi connectivity index (χ0n) is 42.1. The molecule has 0 saturated heterocycles. The Bertz CT molecular complexity index is 3680. The maximum absolute atomic E-state index is 5.74. The van der Waals surface area contributed by atoms with E-state index in [-0.39, 0.29) is 0 Å². The summed E-state index contributed by atoms with van der Waals surface area (Å²) in [5, 5.41) is 0. The second-order valence-electron chi connectivity index (χ2n) is 19.7. The van der Waals surface area contributed by atoms with Gasteiger partial charge in [-0.2, -0.15) is 0 Å². The zero-order chi connectivity index (χ0) is 48.9. The van der Waals surface area contributed by atoms with Gasteiger partial charge in [-0.05, 0) is 223 Å². The molecule has 11 rings (SSSR count). The third-order valence-electron chi connectivity index (χ3n) is 13.9. The molecule has 2 nitrogen and oxygen atoms in total. The molecule has 2 aliphatic rings. The van der Waals surface area contributed by atoms with Gasteiger partial charge in [-0.15, -0.1) is 45.3 Å². The second-order valence-corrected chi connectivity index (χ2v) is 24.0. The Labute approximate surface area is 428 Å². The first kappa shape index (κ1) is 46.1. The van der Waals surface area contributed by atoms with Crippen LogP contribution in [0, 0.1) is 83.1 Å². The summed E-state index contributed by atoms with van der Waals surface area (Å²) in [5.74, 6) is 0. The fraction of sp³-hybridized carbons (Fsp3) is 0.188. The van der Waals surface area contributed by atoms with Crippen molar-refractivity contribution in [2.24, 2.45) is 0 Å². The van der Waals surface area contributed by atoms with Crippen LogP contribution in [0.3, 0.4) is 0 Å². The predicted molar refractivity (Wildman–Crippen MR) is 313 cm³/mol. The number of hydrogen-bond donors (Lipinski definition) is 0. The minimum Gasteiger partial charge on any atom is -0.248 e. The quantitative estimate of drug-likeness (QED) is 0.176. The summed E-state index contributed by atoms with van der Waals surface area (Å²) >= 11 is 7.46. The molecule has 2 aliphatic heterocycles. The SMILES string of the molecule is Cc1cc(C)c(-c2c3nc(c(-c4c(C)cc(C)cc4C)c4ccc(s4)c4ccc(s4)c4ccc(s4)c(-c4c(C)cc(C)cc4C)c4nc(c(-c5c(C)cc(C)cc5C)c5ccc2s5)C=C4)C=C3)c(C)c1. The number of rotatable bonds is 4. The van der Waals surface area contributed by atoms with E-state index in [0.717, 1.165) is 33.9 Å². The van der Waals surface area contributed by atoms with E-state index in [1.807, 2.05) is 45.3 Å². The van der Waals surface area contributed by atoms with Crippen LogP contribution in [-0.2, 0) is 0 Å². The van der Waals surface area contributed by atoms with Gasteiger partial charge in [-0.1, -0.05) is 70.8 Å². The highest BCUT2D eigenvalue weighted by Crippen LogP contribution is 2.46. The molecule has 12 bridgehead atoms. The van der Waals surface area contributed by atoms with Crippen molar-refractivity contribution >= 4 is 107 Å². The Hall–Kier alpha value is -6.28. The van der Waals surface area contributed by atoms with Gasteiger partial charge in [-0.25, -0.2) is 9.97 Å². The molecule has 7 heterocycles. The van der Waals surface area contributed by atoms with Crippen LogP contribution < -0.4 is 0 Å². The molecular formula is C64H56N2S4. The van der Waals surface area contributed by atoms with Crippen LogP contribution >= 0.6 is 45.3 Å². The normalized spacial score (nSPS) is 12.2. The summed E-state index contributed by atoms with van der Waals surface area (Å²) in [6.45, 7) is 26.9. The van der Waals surface area contributed by atoms with Gasteiger partial charge < -0.3 is 0 Å². The molecule has 0 radical (unpaired) electrons. The first-order valence-corrected chi connectivity index (χ1v) is 27.4. The van der Waals surface area contributed by atoms with Crippen LogP contribution in [-0.4, -0.2) is 9.97 Å². The first-order chi connectivity index (χ1) is 33.6. The van der Waals surface area contributed by atoms with Gasteiger partial charge in [-0.3, -0.25) is 0 Å². The molecule has 70 heavy (non-hydrogen) atoms. The molecule has 0 amide bonds. The lowest BCUT2D eigenvalue weighted by molar-refractivity contribution is 1.28. The topological polar surface area (TPSA) is 25.8 Å². The highest BCUT2D eigenvalue weighted by molar-refractivity contribution is 7.33. The maximum Gasteiger partial charge on any atom is 0.0730 e. The average Bonchev–Trinajstić information content (AvgIpc) is 4.15. The molecule has 0 atom stereocenters. The summed E-state index contributed by atoms with van der Waals surface area (Å²) in [7, 11) is 0. The van der Waals surface area contributed by atoms with Gasteiger partial charge in [0.25, 0.3) is 0 Å². The molecule has 9 aromatic rings. The number of nitrogens with zero attached hydrogens (tertiary/aromatic N) is 2. The van der Waals surface area contributed by atoms with Crippen molar-refractivity contribution in [2.75, 3.05) is 0 Å². The first-order valence-electron chi connectivity index (χ1n) is 24.1. The van der Waals surface area contributed by atoms with Gasteiger partial charge in [0.05, 0.1) is 22.8 Å². The van der Waals surface area contributed by atoms with Gasteiger partial charge in [0.2, 0.25) is 0 Å². The van der Waals surface area contributed by atoms with E-state index < -0.39 is 0 Å². The molecule has 0 fully saturated rings. The number of benzene rings is 4. The van der Waals surface area contributed by atoms with E-state index in [0.29, 0.717) is 0 Å². The Morgan fingerprint density at radius 2 is 0.400 bits per heavy atom. The Morgan fingerprint density at radius 1 is 0.229 bits per heavy atom. The summed E-state index contributed by atoms with van der Waals surface area (Å²) in [5.41, 5.74) is 28.8. The fourth-order valence-electron chi connectivity index (χ4n) is 11.5. The molecule has 0 saturated carbocycles. The summed E-state index contributed by atoms with van der Waals surface area (Å²) in [6.07, 6.45) is 9.06. The van der Waals surface area contributed by atoms with Crippen LogP contribution in [0.25, 0.3) is 106 Å².